The minimum atomic E-state index is -1.54. The van der Waals surface area contributed by atoms with Gasteiger partial charge in [0.15, 0.2) is 5.79 Å². The van der Waals surface area contributed by atoms with Crippen LogP contribution in [0.4, 0.5) is 4.79 Å². The molecule has 1 amide bonds. The first-order valence-electron chi connectivity index (χ1n) is 10.9. The van der Waals surface area contributed by atoms with E-state index in [1.807, 2.05) is 6.92 Å². The summed E-state index contributed by atoms with van der Waals surface area (Å²) in [7, 11) is 0. The molecule has 0 aromatic carbocycles. The van der Waals surface area contributed by atoms with Crippen molar-refractivity contribution in [3.8, 4) is 0 Å². The molecule has 0 saturated carbocycles. The van der Waals surface area contributed by atoms with E-state index in [-0.39, 0.29) is 35.9 Å². The van der Waals surface area contributed by atoms with Gasteiger partial charge < -0.3 is 24.6 Å². The first-order valence-corrected chi connectivity index (χ1v) is 11.8. The lowest BCUT2D eigenvalue weighted by Crippen LogP contribution is -2.58. The number of aliphatic hydroxyl groups is 1. The standard InChI is InChI=1S/C22H31NO6S/c1-13-3-6-15-10-16(11-22(26,29-15)19-12-30-21(25)23-19)27-20(24)9-14(2)5-8-18-17(28-18)7-4-13/h4,7,9,13,15-19,26H,3,5-6,8,10-12H2,1-2H3,(H,23,25). The van der Waals surface area contributed by atoms with E-state index in [9.17, 15) is 14.7 Å². The molecule has 7 atom stereocenters. The number of rotatable bonds is 1. The Morgan fingerprint density at radius 3 is 2.80 bits per heavy atom. The lowest BCUT2D eigenvalue weighted by Gasteiger charge is -2.43. The zero-order valence-corrected chi connectivity index (χ0v) is 18.4. The van der Waals surface area contributed by atoms with Crippen LogP contribution in [0, 0.1) is 5.92 Å². The summed E-state index contributed by atoms with van der Waals surface area (Å²) in [5, 5.41) is 13.9. The van der Waals surface area contributed by atoms with Gasteiger partial charge in [0.1, 0.15) is 12.2 Å². The van der Waals surface area contributed by atoms with Gasteiger partial charge in [-0.05, 0) is 38.5 Å². The maximum Gasteiger partial charge on any atom is 0.330 e. The maximum atomic E-state index is 12.5. The second kappa shape index (κ2) is 9.02. The first-order chi connectivity index (χ1) is 14.3. The Kier molecular flexibility index (Phi) is 6.58. The number of hydrogen-bond acceptors (Lipinski definition) is 7. The molecule has 0 aromatic heterocycles. The third-order valence-electron chi connectivity index (χ3n) is 6.30. The highest BCUT2D eigenvalue weighted by atomic mass is 32.2. The molecular formula is C22H31NO6S. The molecule has 2 bridgehead atoms. The summed E-state index contributed by atoms with van der Waals surface area (Å²) in [6.45, 7) is 4.08. The van der Waals surface area contributed by atoms with E-state index in [2.05, 4.69) is 24.4 Å². The number of allylic oxidation sites excluding steroid dienone is 2. The third-order valence-corrected chi connectivity index (χ3v) is 7.18. The fourth-order valence-electron chi connectivity index (χ4n) is 4.45. The van der Waals surface area contributed by atoms with Crippen LogP contribution < -0.4 is 5.32 Å². The average Bonchev–Trinajstić information content (AvgIpc) is 3.29. The minimum Gasteiger partial charge on any atom is -0.459 e. The quantitative estimate of drug-likeness (QED) is 0.370. The maximum absolute atomic E-state index is 12.5. The summed E-state index contributed by atoms with van der Waals surface area (Å²) in [6, 6.07) is -0.511. The highest BCUT2D eigenvalue weighted by Crippen LogP contribution is 2.37. The number of carbonyl (C=O) groups is 2. The summed E-state index contributed by atoms with van der Waals surface area (Å²) in [5.41, 5.74) is 0.956. The van der Waals surface area contributed by atoms with Gasteiger partial charge in [-0.1, -0.05) is 36.4 Å². The Morgan fingerprint density at radius 2 is 2.03 bits per heavy atom. The summed E-state index contributed by atoms with van der Waals surface area (Å²) >= 11 is 1.13. The van der Waals surface area contributed by atoms with Gasteiger partial charge in [-0.15, -0.1) is 0 Å². The van der Waals surface area contributed by atoms with Crippen molar-refractivity contribution in [2.24, 2.45) is 5.92 Å². The van der Waals surface area contributed by atoms with Gasteiger partial charge in [-0.2, -0.15) is 0 Å². The molecule has 7 unspecified atom stereocenters. The minimum absolute atomic E-state index is 0.153. The van der Waals surface area contributed by atoms with Crippen molar-refractivity contribution in [3.63, 3.8) is 0 Å². The van der Waals surface area contributed by atoms with E-state index in [0.717, 1.165) is 43.0 Å². The molecule has 4 aliphatic rings. The van der Waals surface area contributed by atoms with E-state index < -0.39 is 17.9 Å². The largest absolute Gasteiger partial charge is 0.459 e. The molecule has 166 valence electrons. The number of fused-ring (bicyclic) bond motifs is 3. The van der Waals surface area contributed by atoms with Crippen LogP contribution in [0.5, 0.6) is 0 Å². The third kappa shape index (κ3) is 5.46. The van der Waals surface area contributed by atoms with Gasteiger partial charge in [-0.25, -0.2) is 4.79 Å². The molecule has 4 heterocycles. The smallest absolute Gasteiger partial charge is 0.330 e. The lowest BCUT2D eigenvalue weighted by molar-refractivity contribution is -0.283. The average molecular weight is 438 g/mol. The van der Waals surface area contributed by atoms with Crippen LogP contribution in [0.2, 0.25) is 0 Å². The van der Waals surface area contributed by atoms with E-state index >= 15 is 0 Å². The Labute approximate surface area is 181 Å². The molecule has 0 radical (unpaired) electrons. The molecule has 3 fully saturated rings. The summed E-state index contributed by atoms with van der Waals surface area (Å²) in [5.74, 6) is -1.14. The van der Waals surface area contributed by atoms with E-state index in [1.165, 1.54) is 6.08 Å². The lowest BCUT2D eigenvalue weighted by atomic mass is 9.90. The van der Waals surface area contributed by atoms with Crippen molar-refractivity contribution < 1.29 is 28.9 Å². The molecular weight excluding hydrogens is 406 g/mol. The van der Waals surface area contributed by atoms with Crippen molar-refractivity contribution >= 4 is 23.0 Å². The number of esters is 1. The fraction of sp³-hybridized carbons (Fsp3) is 0.727. The molecule has 0 aromatic rings. The zero-order chi connectivity index (χ0) is 21.3. The van der Waals surface area contributed by atoms with Gasteiger partial charge in [0.2, 0.25) is 0 Å². The van der Waals surface area contributed by atoms with Crippen LogP contribution in [-0.4, -0.2) is 58.3 Å². The van der Waals surface area contributed by atoms with Gasteiger partial charge in [0.25, 0.3) is 5.24 Å². The monoisotopic (exact) mass is 437 g/mol. The van der Waals surface area contributed by atoms with Crippen LogP contribution in [0.15, 0.2) is 23.8 Å². The number of thioether (sulfide) groups is 1. The number of carbonyl (C=O) groups excluding carboxylic acids is 2. The Hall–Kier alpha value is -1.35. The summed E-state index contributed by atoms with van der Waals surface area (Å²) < 4.78 is 17.5. The van der Waals surface area contributed by atoms with Crippen LogP contribution in [0.25, 0.3) is 0 Å². The molecule has 3 saturated heterocycles. The van der Waals surface area contributed by atoms with Gasteiger partial charge >= 0.3 is 5.97 Å². The van der Waals surface area contributed by atoms with E-state index in [4.69, 9.17) is 14.2 Å². The van der Waals surface area contributed by atoms with Crippen LogP contribution in [0.1, 0.15) is 52.4 Å². The van der Waals surface area contributed by atoms with Crippen LogP contribution in [0.3, 0.4) is 0 Å². The number of epoxide rings is 1. The molecule has 2 N–H and O–H groups in total. The van der Waals surface area contributed by atoms with Crippen molar-refractivity contribution in [3.05, 3.63) is 23.8 Å². The molecule has 4 rings (SSSR count). The topological polar surface area (TPSA) is 97.4 Å². The van der Waals surface area contributed by atoms with Gasteiger partial charge in [0, 0.05) is 24.7 Å². The molecule has 4 aliphatic heterocycles. The van der Waals surface area contributed by atoms with Crippen LogP contribution in [-0.2, 0) is 19.0 Å². The number of hydrogen-bond donors (Lipinski definition) is 2. The molecule has 0 aliphatic carbocycles. The summed E-state index contributed by atoms with van der Waals surface area (Å²) in [4.78, 5) is 24.1. The van der Waals surface area contributed by atoms with E-state index in [1.54, 1.807) is 0 Å². The van der Waals surface area contributed by atoms with Gasteiger partial charge in [0.05, 0.1) is 18.2 Å². The Balaban J connectivity index is 1.50. The Bertz CT molecular complexity index is 739. The van der Waals surface area contributed by atoms with Crippen molar-refractivity contribution in [1.29, 1.82) is 0 Å². The number of ether oxygens (including phenoxy) is 3. The molecule has 30 heavy (non-hydrogen) atoms. The SMILES string of the molecule is CC1=CC(=O)OC2CC(CCC(C)C=CC3OC3CC1)OC(O)(C1CSC(=O)N1)C2. The highest BCUT2D eigenvalue weighted by molar-refractivity contribution is 8.14. The number of amides is 1. The van der Waals surface area contributed by atoms with Gasteiger partial charge in [-0.3, -0.25) is 4.79 Å². The first kappa shape index (κ1) is 21.9. The second-order valence-corrected chi connectivity index (χ2v) is 9.98. The van der Waals surface area contributed by atoms with Crippen LogP contribution >= 0.6 is 11.8 Å². The number of nitrogens with one attached hydrogen (secondary N) is 1. The van der Waals surface area contributed by atoms with Crippen molar-refractivity contribution in [1.82, 2.24) is 5.32 Å². The zero-order valence-electron chi connectivity index (χ0n) is 17.5. The predicted octanol–water partition coefficient (Wildman–Crippen LogP) is 3.07. The molecule has 8 heteroatoms. The molecule has 7 nitrogen and oxygen atoms in total. The highest BCUT2D eigenvalue weighted by Gasteiger charge is 2.49. The molecule has 0 spiro atoms. The normalized spacial score (nSPS) is 42.7. The van der Waals surface area contributed by atoms with Crippen molar-refractivity contribution in [2.45, 2.75) is 88.6 Å². The van der Waals surface area contributed by atoms with E-state index in [0.29, 0.717) is 18.1 Å². The Morgan fingerprint density at radius 1 is 1.20 bits per heavy atom. The predicted molar refractivity (Wildman–Crippen MR) is 113 cm³/mol. The second-order valence-electron chi connectivity index (χ2n) is 8.99. The fourth-order valence-corrected chi connectivity index (χ4v) is 5.34. The summed E-state index contributed by atoms with van der Waals surface area (Å²) in [6.07, 6.45) is 9.56. The van der Waals surface area contributed by atoms with Crippen molar-refractivity contribution in [2.75, 3.05) is 5.75 Å².